The van der Waals surface area contributed by atoms with E-state index in [1.807, 2.05) is 31.2 Å². The monoisotopic (exact) mass is 680 g/mol. The zero-order valence-electron chi connectivity index (χ0n) is 21.7. The minimum atomic E-state index is -0.706. The summed E-state index contributed by atoms with van der Waals surface area (Å²) in [5.74, 6) is -0.622. The summed E-state index contributed by atoms with van der Waals surface area (Å²) in [5, 5.41) is 0.444. The molecule has 0 radical (unpaired) electrons. The van der Waals surface area contributed by atoms with E-state index >= 15 is 0 Å². The topological polar surface area (TPSA) is 96.2 Å². The van der Waals surface area contributed by atoms with Crippen molar-refractivity contribution in [2.45, 2.75) is 33.7 Å². The lowest BCUT2D eigenvalue weighted by molar-refractivity contribution is -0.145. The molecular weight excluding hydrogens is 655 g/mol. The second-order valence-corrected chi connectivity index (χ2v) is 11.2. The number of aryl methyl sites for hydroxylation is 1. The van der Waals surface area contributed by atoms with Crippen LogP contribution >= 0.6 is 45.5 Å². The Kier molecular flexibility index (Phi) is 9.29. The van der Waals surface area contributed by atoms with Crippen LogP contribution in [0, 0.1) is 10.5 Å². The predicted molar refractivity (Wildman–Crippen MR) is 158 cm³/mol. The quantitative estimate of drug-likeness (QED) is 0.260. The fourth-order valence-corrected chi connectivity index (χ4v) is 6.42. The van der Waals surface area contributed by atoms with E-state index < -0.39 is 18.0 Å². The van der Waals surface area contributed by atoms with Gasteiger partial charge in [-0.05, 0) is 74.1 Å². The number of aromatic nitrogens is 1. The Labute approximate surface area is 247 Å². The molecule has 2 heterocycles. The fourth-order valence-electron chi connectivity index (χ4n) is 4.17. The zero-order valence-corrected chi connectivity index (χ0v) is 25.5. The van der Waals surface area contributed by atoms with Gasteiger partial charge in [-0.2, -0.15) is 0 Å². The number of carbonyl (C=O) groups is 2. The average molecular weight is 681 g/mol. The first-order chi connectivity index (χ1) is 18.6. The van der Waals surface area contributed by atoms with Gasteiger partial charge >= 0.3 is 11.9 Å². The second-order valence-electron chi connectivity index (χ2n) is 8.61. The third-order valence-electron chi connectivity index (χ3n) is 5.87. The molecule has 1 aromatic heterocycles. The number of carbonyl (C=O) groups excluding carboxylic acids is 2. The first kappa shape index (κ1) is 29.0. The van der Waals surface area contributed by atoms with Gasteiger partial charge in [0.15, 0.2) is 11.4 Å². The van der Waals surface area contributed by atoms with Crippen LogP contribution in [0.15, 0.2) is 57.5 Å². The van der Waals surface area contributed by atoms with Crippen LogP contribution in [-0.4, -0.2) is 36.3 Å². The smallest absolute Gasteiger partial charge is 0.344 e. The zero-order chi connectivity index (χ0) is 28.3. The molecule has 3 aromatic rings. The maximum Gasteiger partial charge on any atom is 0.344 e. The van der Waals surface area contributed by atoms with Gasteiger partial charge in [-0.15, -0.1) is 0 Å². The third kappa shape index (κ3) is 6.28. The summed E-state index contributed by atoms with van der Waals surface area (Å²) in [6, 6.07) is 10.3. The Hall–Kier alpha value is -2.96. The number of rotatable bonds is 8. The van der Waals surface area contributed by atoms with Crippen molar-refractivity contribution in [2.24, 2.45) is 4.99 Å². The Balaban J connectivity index is 1.89. The molecule has 0 fully saturated rings. The summed E-state index contributed by atoms with van der Waals surface area (Å²) in [4.78, 5) is 43.9. The first-order valence-corrected chi connectivity index (χ1v) is 14.5. The maximum atomic E-state index is 13.9. The summed E-state index contributed by atoms with van der Waals surface area (Å²) >= 11 is 9.59. The Morgan fingerprint density at radius 2 is 1.82 bits per heavy atom. The van der Waals surface area contributed by atoms with Crippen molar-refractivity contribution >= 4 is 63.5 Å². The van der Waals surface area contributed by atoms with E-state index in [-0.39, 0.29) is 25.4 Å². The van der Waals surface area contributed by atoms with E-state index in [1.165, 1.54) is 15.9 Å². The summed E-state index contributed by atoms with van der Waals surface area (Å²) in [7, 11) is 0. The van der Waals surface area contributed by atoms with E-state index in [9.17, 15) is 14.4 Å². The molecule has 0 amide bonds. The molecule has 2 aromatic carbocycles. The molecular formula is C28H26ClIN2O6S. The summed E-state index contributed by atoms with van der Waals surface area (Å²) in [6.07, 6.45) is 1.66. The number of esters is 2. The highest BCUT2D eigenvalue weighted by molar-refractivity contribution is 14.1. The lowest BCUT2D eigenvalue weighted by atomic mass is 9.95. The molecule has 1 aliphatic rings. The van der Waals surface area contributed by atoms with Crippen molar-refractivity contribution < 1.29 is 23.8 Å². The molecule has 0 aliphatic carbocycles. The Morgan fingerprint density at radius 3 is 2.49 bits per heavy atom. The second kappa shape index (κ2) is 12.5. The van der Waals surface area contributed by atoms with Crippen LogP contribution in [0.2, 0.25) is 5.02 Å². The molecule has 1 atom stereocenters. The Bertz CT molecular complexity index is 1640. The van der Waals surface area contributed by atoms with Crippen molar-refractivity contribution in [1.82, 2.24) is 4.57 Å². The minimum absolute atomic E-state index is 0.197. The molecule has 0 unspecified atom stereocenters. The normalized spacial score (nSPS) is 15.0. The molecule has 39 heavy (non-hydrogen) atoms. The van der Waals surface area contributed by atoms with Gasteiger partial charge in [0.05, 0.1) is 38.6 Å². The number of hydrogen-bond donors (Lipinski definition) is 0. The first-order valence-electron chi connectivity index (χ1n) is 12.2. The molecule has 0 bridgehead atoms. The van der Waals surface area contributed by atoms with Crippen molar-refractivity contribution in [3.05, 3.63) is 92.6 Å². The van der Waals surface area contributed by atoms with Crippen LogP contribution < -0.4 is 19.6 Å². The van der Waals surface area contributed by atoms with Gasteiger partial charge in [-0.3, -0.25) is 9.36 Å². The van der Waals surface area contributed by atoms with Gasteiger partial charge in [-0.25, -0.2) is 14.6 Å². The van der Waals surface area contributed by atoms with Gasteiger partial charge in [0, 0.05) is 10.6 Å². The summed E-state index contributed by atoms with van der Waals surface area (Å²) in [5.41, 5.74) is 2.81. The van der Waals surface area contributed by atoms with Gasteiger partial charge in [0.2, 0.25) is 0 Å². The van der Waals surface area contributed by atoms with E-state index in [0.29, 0.717) is 40.5 Å². The largest absolute Gasteiger partial charge is 0.480 e. The molecule has 0 N–H and O–H groups in total. The number of hydrogen-bond acceptors (Lipinski definition) is 8. The highest BCUT2D eigenvalue weighted by Gasteiger charge is 2.33. The van der Waals surface area contributed by atoms with E-state index in [2.05, 4.69) is 27.6 Å². The fraction of sp³-hybridized carbons (Fsp3) is 0.286. The maximum absolute atomic E-state index is 13.9. The van der Waals surface area contributed by atoms with Crippen LogP contribution in [0.25, 0.3) is 6.08 Å². The van der Waals surface area contributed by atoms with Gasteiger partial charge < -0.3 is 14.2 Å². The predicted octanol–water partition coefficient (Wildman–Crippen LogP) is 4.31. The van der Waals surface area contributed by atoms with Crippen LogP contribution in [0.4, 0.5) is 0 Å². The van der Waals surface area contributed by atoms with E-state index in [4.69, 9.17) is 25.8 Å². The van der Waals surface area contributed by atoms with Crippen LogP contribution in [0.5, 0.6) is 5.75 Å². The van der Waals surface area contributed by atoms with Gasteiger partial charge in [0.1, 0.15) is 5.75 Å². The molecule has 1 aliphatic heterocycles. The number of ether oxygens (including phenoxy) is 3. The molecule has 8 nitrogen and oxygen atoms in total. The molecule has 4 rings (SSSR count). The lowest BCUT2D eigenvalue weighted by Crippen LogP contribution is -2.39. The van der Waals surface area contributed by atoms with Crippen molar-refractivity contribution in [2.75, 3.05) is 19.8 Å². The number of allylic oxidation sites excluding steroid dienone is 1. The van der Waals surface area contributed by atoms with Crippen LogP contribution in [0.3, 0.4) is 0 Å². The summed E-state index contributed by atoms with van der Waals surface area (Å²) in [6.45, 7) is 7.31. The molecule has 204 valence electrons. The average Bonchev–Trinajstić information content (AvgIpc) is 3.17. The van der Waals surface area contributed by atoms with Crippen LogP contribution in [0.1, 0.15) is 43.5 Å². The highest BCUT2D eigenvalue weighted by Crippen LogP contribution is 2.32. The minimum Gasteiger partial charge on any atom is -0.480 e. The van der Waals surface area contributed by atoms with E-state index in [0.717, 1.165) is 11.1 Å². The van der Waals surface area contributed by atoms with Crippen molar-refractivity contribution in [3.8, 4) is 5.75 Å². The Morgan fingerprint density at radius 1 is 1.13 bits per heavy atom. The number of nitrogens with zero attached hydrogens (tertiary/aromatic N) is 2. The molecule has 0 saturated carbocycles. The molecule has 11 heteroatoms. The summed E-state index contributed by atoms with van der Waals surface area (Å²) < 4.78 is 18.6. The van der Waals surface area contributed by atoms with Gasteiger partial charge in [-0.1, -0.05) is 52.8 Å². The standard InChI is InChI=1S/C28H26ClIN2O6S/c1-5-36-22(33)14-38-25-18(11-19(29)13-20(25)30)12-21-26(34)32-24(17-9-7-15(3)8-10-17)23(27(35)37-6-2)16(4)31-28(32)39-21/h7-13,24H,5-6,14H2,1-4H3/b21-12-/t24-/m1/s1. The highest BCUT2D eigenvalue weighted by atomic mass is 127. The van der Waals surface area contributed by atoms with Crippen molar-refractivity contribution in [3.63, 3.8) is 0 Å². The van der Waals surface area contributed by atoms with Crippen LogP contribution in [-0.2, 0) is 19.1 Å². The number of halogens is 2. The molecule has 0 spiro atoms. The third-order valence-corrected chi connectivity index (χ3v) is 7.88. The van der Waals surface area contributed by atoms with Gasteiger partial charge in [0.25, 0.3) is 5.56 Å². The molecule has 0 saturated heterocycles. The number of thiazole rings is 1. The lowest BCUT2D eigenvalue weighted by Gasteiger charge is -2.24. The van der Waals surface area contributed by atoms with E-state index in [1.54, 1.807) is 39.0 Å². The van der Waals surface area contributed by atoms with Crippen molar-refractivity contribution in [1.29, 1.82) is 0 Å². The number of benzene rings is 2. The SMILES string of the molecule is CCOC(=O)COc1c(I)cc(Cl)cc1/C=c1\sc2n(c1=O)[C@H](c1ccc(C)cc1)C(C(=O)OCC)=C(C)N=2. The number of fused-ring (bicyclic) bond motifs is 1.